The topological polar surface area (TPSA) is 115 Å². The van der Waals surface area contributed by atoms with Gasteiger partial charge in [-0.2, -0.15) is 0 Å². The first kappa shape index (κ1) is 19.4. The Balaban J connectivity index is 1.97. The van der Waals surface area contributed by atoms with Crippen LogP contribution in [0.4, 0.5) is 5.69 Å². The number of carbonyl (C=O) groups excluding carboxylic acids is 3. The van der Waals surface area contributed by atoms with Gasteiger partial charge in [-0.05, 0) is 26.0 Å². The van der Waals surface area contributed by atoms with Crippen molar-refractivity contribution < 1.29 is 14.4 Å². The maximum atomic E-state index is 12.4. The zero-order valence-electron chi connectivity index (χ0n) is 13.5. The third-order valence-electron chi connectivity index (χ3n) is 2.94. The maximum Gasteiger partial charge on any atom is 0.237 e. The number of ketones is 1. The van der Waals surface area contributed by atoms with Crippen LogP contribution in [0.2, 0.25) is 0 Å². The van der Waals surface area contributed by atoms with Gasteiger partial charge >= 0.3 is 0 Å². The van der Waals surface area contributed by atoms with E-state index in [9.17, 15) is 14.4 Å². The van der Waals surface area contributed by atoms with Gasteiger partial charge in [-0.15, -0.1) is 10.2 Å². The molecule has 25 heavy (non-hydrogen) atoms. The second-order valence-corrected chi connectivity index (χ2v) is 8.73. The molecular formula is C15H16N4O3S3. The number of nitrogens with zero attached hydrogens (tertiary/aromatic N) is 2. The van der Waals surface area contributed by atoms with Crippen molar-refractivity contribution >= 4 is 58.1 Å². The highest BCUT2D eigenvalue weighted by Gasteiger charge is 2.19. The smallest absolute Gasteiger partial charge is 0.237 e. The summed E-state index contributed by atoms with van der Waals surface area (Å²) in [6.45, 7) is 3.20. The Bertz CT molecular complexity index is 794. The lowest BCUT2D eigenvalue weighted by molar-refractivity contribution is -0.116. The number of rotatable bonds is 8. The molecule has 0 aliphatic carbocycles. The first-order chi connectivity index (χ1) is 11.9. The van der Waals surface area contributed by atoms with Gasteiger partial charge in [0.05, 0.1) is 16.7 Å². The highest BCUT2D eigenvalue weighted by molar-refractivity contribution is 8.04. The molecule has 0 unspecified atom stereocenters. The molecule has 3 N–H and O–H groups in total. The van der Waals surface area contributed by atoms with Crippen LogP contribution in [0.15, 0.2) is 32.9 Å². The van der Waals surface area contributed by atoms with Gasteiger partial charge in [-0.3, -0.25) is 14.4 Å². The van der Waals surface area contributed by atoms with Gasteiger partial charge in [0.2, 0.25) is 11.8 Å². The third-order valence-corrected chi connectivity index (χ3v) is 6.20. The molecule has 0 aliphatic rings. The summed E-state index contributed by atoms with van der Waals surface area (Å²) in [7, 11) is 0. The highest BCUT2D eigenvalue weighted by Crippen LogP contribution is 2.31. The molecular weight excluding hydrogens is 380 g/mol. The fourth-order valence-electron chi connectivity index (χ4n) is 1.77. The molecule has 0 aliphatic heterocycles. The van der Waals surface area contributed by atoms with E-state index in [1.807, 2.05) is 0 Å². The predicted octanol–water partition coefficient (Wildman–Crippen LogP) is 2.44. The van der Waals surface area contributed by atoms with Gasteiger partial charge in [-0.1, -0.05) is 47.0 Å². The number of carbonyl (C=O) groups is 3. The van der Waals surface area contributed by atoms with Gasteiger partial charge in [-0.25, -0.2) is 0 Å². The first-order valence-corrected chi connectivity index (χ1v) is 9.87. The van der Waals surface area contributed by atoms with Crippen molar-refractivity contribution in [1.82, 2.24) is 10.2 Å². The van der Waals surface area contributed by atoms with E-state index in [0.29, 0.717) is 19.9 Å². The van der Waals surface area contributed by atoms with Crippen molar-refractivity contribution in [3.63, 3.8) is 0 Å². The number of aromatic nitrogens is 2. The average molecular weight is 397 g/mol. The Kier molecular flexibility index (Phi) is 6.97. The van der Waals surface area contributed by atoms with Gasteiger partial charge < -0.3 is 11.1 Å². The van der Waals surface area contributed by atoms with E-state index >= 15 is 0 Å². The zero-order chi connectivity index (χ0) is 18.4. The summed E-state index contributed by atoms with van der Waals surface area (Å²) < 4.78 is 1.24. The van der Waals surface area contributed by atoms with Crippen LogP contribution in [0.25, 0.3) is 0 Å². The van der Waals surface area contributed by atoms with Crippen LogP contribution in [0.1, 0.15) is 24.2 Å². The summed E-state index contributed by atoms with van der Waals surface area (Å²) in [6, 6.07) is 6.86. The summed E-state index contributed by atoms with van der Waals surface area (Å²) in [5.74, 6) is -0.639. The molecule has 2 rings (SSSR count). The molecule has 1 aromatic heterocycles. The number of benzene rings is 1. The molecule has 0 radical (unpaired) electrons. The fourth-order valence-corrected chi connectivity index (χ4v) is 4.68. The second-order valence-electron chi connectivity index (χ2n) is 4.94. The quantitative estimate of drug-likeness (QED) is 0.520. The molecule has 0 bridgehead atoms. The molecule has 1 aromatic carbocycles. The molecule has 2 amide bonds. The van der Waals surface area contributed by atoms with Crippen molar-refractivity contribution in [2.24, 2.45) is 5.73 Å². The van der Waals surface area contributed by atoms with Crippen molar-refractivity contribution in [3.05, 3.63) is 29.8 Å². The number of hydrogen-bond donors (Lipinski definition) is 2. The second kappa shape index (κ2) is 8.97. The van der Waals surface area contributed by atoms with Crippen molar-refractivity contribution in [1.29, 1.82) is 0 Å². The van der Waals surface area contributed by atoms with E-state index in [4.69, 9.17) is 5.73 Å². The minimum atomic E-state index is -0.429. The third kappa shape index (κ3) is 5.83. The number of amides is 2. The van der Waals surface area contributed by atoms with E-state index in [2.05, 4.69) is 15.5 Å². The number of Topliss-reactive ketones (excluding diaryl/α,β-unsaturated/α-hetero) is 1. The summed E-state index contributed by atoms with van der Waals surface area (Å²) in [5.41, 5.74) is 6.04. The molecule has 132 valence electrons. The van der Waals surface area contributed by atoms with Crippen LogP contribution >= 0.6 is 34.9 Å². The number of hydrogen-bond acceptors (Lipinski definition) is 8. The Morgan fingerprint density at radius 1 is 1.24 bits per heavy atom. The van der Waals surface area contributed by atoms with Crippen LogP contribution < -0.4 is 11.1 Å². The molecule has 0 saturated carbocycles. The zero-order valence-corrected chi connectivity index (χ0v) is 16.0. The lowest BCUT2D eigenvalue weighted by atomic mass is 10.1. The van der Waals surface area contributed by atoms with E-state index in [1.54, 1.807) is 31.2 Å². The lowest BCUT2D eigenvalue weighted by Crippen LogP contribution is -2.23. The largest absolute Gasteiger partial charge is 0.369 e. The van der Waals surface area contributed by atoms with Crippen molar-refractivity contribution in [2.45, 2.75) is 27.8 Å². The minimum Gasteiger partial charge on any atom is -0.369 e. The van der Waals surface area contributed by atoms with Crippen molar-refractivity contribution in [2.75, 3.05) is 11.1 Å². The van der Waals surface area contributed by atoms with Crippen LogP contribution in [0.3, 0.4) is 0 Å². The van der Waals surface area contributed by atoms with E-state index in [-0.39, 0.29) is 17.4 Å². The molecule has 0 spiro atoms. The fraction of sp³-hybridized carbons (Fsp3) is 0.267. The highest BCUT2D eigenvalue weighted by atomic mass is 32.2. The van der Waals surface area contributed by atoms with Gasteiger partial charge in [0.15, 0.2) is 14.5 Å². The van der Waals surface area contributed by atoms with Crippen LogP contribution in [0, 0.1) is 0 Å². The summed E-state index contributed by atoms with van der Waals surface area (Å²) >= 11 is 3.77. The Labute approximate surface area is 157 Å². The summed E-state index contributed by atoms with van der Waals surface area (Å²) in [5, 5.41) is 10.3. The van der Waals surface area contributed by atoms with Crippen LogP contribution in [-0.2, 0) is 9.59 Å². The molecule has 10 heteroatoms. The molecule has 2 aromatic rings. The molecule has 0 fully saturated rings. The lowest BCUT2D eigenvalue weighted by Gasteiger charge is -2.12. The summed E-state index contributed by atoms with van der Waals surface area (Å²) in [4.78, 5) is 34.7. The predicted molar refractivity (Wildman–Crippen MR) is 100 cm³/mol. The Morgan fingerprint density at radius 2 is 1.92 bits per heavy atom. The molecule has 7 nitrogen and oxygen atoms in total. The number of para-hydroxylation sites is 1. The molecule has 1 heterocycles. The standard InChI is InChI=1S/C15H16N4O3S3/c1-8(20)10-5-3-4-6-11(10)17-13(22)9(2)24-15-19-18-14(25-15)23-7-12(16)21/h3-6,9H,7H2,1-2H3,(H2,16,21)(H,17,22)/t9-/m1/s1. The number of nitrogens with one attached hydrogen (secondary N) is 1. The molecule has 0 saturated heterocycles. The van der Waals surface area contributed by atoms with Crippen LogP contribution in [0.5, 0.6) is 0 Å². The van der Waals surface area contributed by atoms with Gasteiger partial charge in [0, 0.05) is 5.56 Å². The van der Waals surface area contributed by atoms with Crippen molar-refractivity contribution in [3.8, 4) is 0 Å². The number of anilines is 1. The van der Waals surface area contributed by atoms with E-state index < -0.39 is 11.2 Å². The minimum absolute atomic E-state index is 0.114. The van der Waals surface area contributed by atoms with Crippen LogP contribution in [-0.4, -0.2) is 38.8 Å². The Morgan fingerprint density at radius 3 is 2.60 bits per heavy atom. The maximum absolute atomic E-state index is 12.4. The normalized spacial score (nSPS) is 11.8. The van der Waals surface area contributed by atoms with E-state index in [0.717, 1.165) is 0 Å². The average Bonchev–Trinajstić information content (AvgIpc) is 3.00. The van der Waals surface area contributed by atoms with Gasteiger partial charge in [0.1, 0.15) is 0 Å². The number of thioether (sulfide) groups is 2. The van der Waals surface area contributed by atoms with E-state index in [1.165, 1.54) is 41.8 Å². The van der Waals surface area contributed by atoms with Gasteiger partial charge in [0.25, 0.3) is 0 Å². The first-order valence-electron chi connectivity index (χ1n) is 7.19. The summed E-state index contributed by atoms with van der Waals surface area (Å²) in [6.07, 6.45) is 0. The SMILES string of the molecule is CC(=O)c1ccccc1NC(=O)[C@@H](C)Sc1nnc(SCC(N)=O)s1. The molecule has 1 atom stereocenters. The Hall–Kier alpha value is -1.91. The number of nitrogens with two attached hydrogens (primary N) is 1. The number of primary amides is 1. The monoisotopic (exact) mass is 396 g/mol.